The molecule has 2 N–H and O–H groups in total. The number of nitrogens with zero attached hydrogens (tertiary/aromatic N) is 2. The van der Waals surface area contributed by atoms with Crippen LogP contribution >= 0.6 is 0 Å². The summed E-state index contributed by atoms with van der Waals surface area (Å²) in [5.41, 5.74) is 0.392. The van der Waals surface area contributed by atoms with Gasteiger partial charge < -0.3 is 15.4 Å². The Morgan fingerprint density at radius 2 is 2.10 bits per heavy atom. The van der Waals surface area contributed by atoms with Crippen molar-refractivity contribution in [3.05, 3.63) is 18.6 Å². The lowest BCUT2D eigenvalue weighted by Crippen LogP contribution is -2.53. The average molecular weight is 290 g/mol. The summed E-state index contributed by atoms with van der Waals surface area (Å²) in [7, 11) is 0. The summed E-state index contributed by atoms with van der Waals surface area (Å²) in [6, 6.07) is 0.607. The van der Waals surface area contributed by atoms with Crippen LogP contribution in [0.1, 0.15) is 38.5 Å². The predicted molar refractivity (Wildman–Crippen MR) is 83.3 cm³/mol. The second-order valence-electron chi connectivity index (χ2n) is 6.29. The molecule has 2 fully saturated rings. The van der Waals surface area contributed by atoms with Gasteiger partial charge in [0.1, 0.15) is 5.82 Å². The monoisotopic (exact) mass is 290 g/mol. The first-order chi connectivity index (χ1) is 10.4. The molecule has 2 aliphatic rings. The molecule has 1 aromatic rings. The molecule has 5 nitrogen and oxygen atoms in total. The van der Waals surface area contributed by atoms with Gasteiger partial charge in [0.25, 0.3) is 0 Å². The summed E-state index contributed by atoms with van der Waals surface area (Å²) in [5.74, 6) is 0.846. The Kier molecular flexibility index (Phi) is 5.04. The van der Waals surface area contributed by atoms with Gasteiger partial charge in [-0.1, -0.05) is 19.3 Å². The summed E-state index contributed by atoms with van der Waals surface area (Å²) in [4.78, 5) is 8.28. The number of hydrogen-bond acceptors (Lipinski definition) is 5. The number of hydrogen-bond donors (Lipinski definition) is 2. The smallest absolute Gasteiger partial charge is 0.144 e. The fourth-order valence-corrected chi connectivity index (χ4v) is 3.78. The lowest BCUT2D eigenvalue weighted by molar-refractivity contribution is -0.0528. The Morgan fingerprint density at radius 3 is 2.90 bits per heavy atom. The van der Waals surface area contributed by atoms with Crippen molar-refractivity contribution in [3.8, 4) is 0 Å². The van der Waals surface area contributed by atoms with Crippen LogP contribution in [0.25, 0.3) is 0 Å². The molecule has 0 aromatic carbocycles. The molecule has 2 heterocycles. The van der Waals surface area contributed by atoms with E-state index in [0.29, 0.717) is 11.5 Å². The largest absolute Gasteiger partial charge is 0.381 e. The Bertz CT molecular complexity index is 411. The normalized spacial score (nSPS) is 24.9. The van der Waals surface area contributed by atoms with Crippen LogP contribution in [0.2, 0.25) is 0 Å². The zero-order valence-electron chi connectivity index (χ0n) is 12.7. The van der Waals surface area contributed by atoms with Gasteiger partial charge in [-0.2, -0.15) is 0 Å². The van der Waals surface area contributed by atoms with E-state index in [0.717, 1.165) is 38.5 Å². The molecule has 21 heavy (non-hydrogen) atoms. The molecular formula is C16H26N4O. The number of ether oxygens (including phenoxy) is 1. The molecule has 0 amide bonds. The Hall–Kier alpha value is -1.20. The molecule has 1 unspecified atom stereocenters. The van der Waals surface area contributed by atoms with E-state index in [1.807, 2.05) is 0 Å². The van der Waals surface area contributed by atoms with E-state index in [1.54, 1.807) is 18.6 Å². The Morgan fingerprint density at radius 1 is 1.19 bits per heavy atom. The van der Waals surface area contributed by atoms with Crippen LogP contribution in [0.15, 0.2) is 18.6 Å². The minimum atomic E-state index is 0.392. The molecule has 5 heteroatoms. The molecular weight excluding hydrogens is 264 g/mol. The lowest BCUT2D eigenvalue weighted by Gasteiger charge is -2.47. The van der Waals surface area contributed by atoms with Crippen molar-refractivity contribution >= 4 is 5.82 Å². The summed E-state index contributed by atoms with van der Waals surface area (Å²) in [6.45, 7) is 3.69. The van der Waals surface area contributed by atoms with Crippen molar-refractivity contribution in [1.29, 1.82) is 0 Å². The van der Waals surface area contributed by atoms with E-state index in [-0.39, 0.29) is 0 Å². The summed E-state index contributed by atoms with van der Waals surface area (Å²) in [5, 5.41) is 7.07. The van der Waals surface area contributed by atoms with Gasteiger partial charge in [-0.05, 0) is 19.3 Å². The fraction of sp³-hybridized carbons (Fsp3) is 0.750. The van der Waals surface area contributed by atoms with Gasteiger partial charge in [0.15, 0.2) is 0 Å². The first kappa shape index (κ1) is 14.7. The van der Waals surface area contributed by atoms with Crippen LogP contribution in [0.4, 0.5) is 5.82 Å². The van der Waals surface area contributed by atoms with E-state index in [4.69, 9.17) is 4.74 Å². The van der Waals surface area contributed by atoms with Crippen LogP contribution in [0.3, 0.4) is 0 Å². The molecule has 1 aliphatic carbocycles. The van der Waals surface area contributed by atoms with E-state index in [1.165, 1.54) is 32.1 Å². The van der Waals surface area contributed by atoms with Crippen molar-refractivity contribution in [3.63, 3.8) is 0 Å². The second-order valence-corrected chi connectivity index (χ2v) is 6.29. The molecule has 0 radical (unpaired) electrons. The molecule has 1 atom stereocenters. The maximum Gasteiger partial charge on any atom is 0.144 e. The van der Waals surface area contributed by atoms with Crippen LogP contribution < -0.4 is 10.6 Å². The zero-order valence-corrected chi connectivity index (χ0v) is 12.7. The summed E-state index contributed by atoms with van der Waals surface area (Å²) in [6.07, 6.45) is 13.1. The number of aromatic nitrogens is 2. The minimum Gasteiger partial charge on any atom is -0.381 e. The van der Waals surface area contributed by atoms with E-state index in [9.17, 15) is 0 Å². The standard InChI is InChI=1S/C16H26N4O/c1-2-5-16(6-3-1)13-21-11-4-14(16)18-9-10-20-15-12-17-7-8-19-15/h7-8,12,14,18H,1-6,9-11,13H2,(H,19,20). The highest BCUT2D eigenvalue weighted by Crippen LogP contribution is 2.42. The third kappa shape index (κ3) is 3.71. The predicted octanol–water partition coefficient (Wildman–Crippen LogP) is 2.22. The number of rotatable bonds is 5. The quantitative estimate of drug-likeness (QED) is 0.814. The van der Waals surface area contributed by atoms with Crippen LogP contribution in [0, 0.1) is 5.41 Å². The Labute approximate surface area is 126 Å². The molecule has 3 rings (SSSR count). The highest BCUT2D eigenvalue weighted by atomic mass is 16.5. The highest BCUT2D eigenvalue weighted by Gasteiger charge is 2.41. The van der Waals surface area contributed by atoms with Crippen molar-refractivity contribution in [2.75, 3.05) is 31.6 Å². The van der Waals surface area contributed by atoms with E-state index in [2.05, 4.69) is 20.6 Å². The topological polar surface area (TPSA) is 59.1 Å². The molecule has 0 bridgehead atoms. The number of anilines is 1. The fourth-order valence-electron chi connectivity index (χ4n) is 3.78. The van der Waals surface area contributed by atoms with Crippen molar-refractivity contribution in [2.45, 2.75) is 44.6 Å². The van der Waals surface area contributed by atoms with Crippen molar-refractivity contribution in [2.24, 2.45) is 5.41 Å². The van der Waals surface area contributed by atoms with E-state index < -0.39 is 0 Å². The zero-order chi connectivity index (χ0) is 14.4. The average Bonchev–Trinajstić information content (AvgIpc) is 2.55. The molecule has 1 aromatic heterocycles. The third-order valence-corrected chi connectivity index (χ3v) is 4.91. The SMILES string of the molecule is c1cnc(NCCNC2CCOCC23CCCCC3)cn1. The summed E-state index contributed by atoms with van der Waals surface area (Å²) < 4.78 is 5.79. The number of nitrogens with one attached hydrogen (secondary N) is 2. The van der Waals surface area contributed by atoms with Crippen LogP contribution in [0.5, 0.6) is 0 Å². The van der Waals surface area contributed by atoms with Gasteiger partial charge in [0.05, 0.1) is 12.8 Å². The third-order valence-electron chi connectivity index (χ3n) is 4.91. The minimum absolute atomic E-state index is 0.392. The van der Waals surface area contributed by atoms with Gasteiger partial charge in [0.2, 0.25) is 0 Å². The van der Waals surface area contributed by atoms with Gasteiger partial charge in [-0.15, -0.1) is 0 Å². The molecule has 116 valence electrons. The second kappa shape index (κ2) is 7.18. The molecule has 1 spiro atoms. The molecule has 1 aliphatic heterocycles. The van der Waals surface area contributed by atoms with Crippen molar-refractivity contribution < 1.29 is 4.74 Å². The Balaban J connectivity index is 1.46. The molecule has 1 saturated carbocycles. The van der Waals surface area contributed by atoms with Gasteiger partial charge in [-0.3, -0.25) is 4.98 Å². The van der Waals surface area contributed by atoms with Gasteiger partial charge in [0, 0.05) is 43.5 Å². The highest BCUT2D eigenvalue weighted by molar-refractivity contribution is 5.29. The lowest BCUT2D eigenvalue weighted by atomic mass is 9.68. The van der Waals surface area contributed by atoms with Gasteiger partial charge >= 0.3 is 0 Å². The summed E-state index contributed by atoms with van der Waals surface area (Å²) >= 11 is 0. The van der Waals surface area contributed by atoms with Crippen LogP contribution in [-0.4, -0.2) is 42.3 Å². The van der Waals surface area contributed by atoms with Crippen molar-refractivity contribution in [1.82, 2.24) is 15.3 Å². The molecule has 1 saturated heterocycles. The van der Waals surface area contributed by atoms with Crippen LogP contribution in [-0.2, 0) is 4.74 Å². The van der Waals surface area contributed by atoms with E-state index >= 15 is 0 Å². The maximum atomic E-state index is 5.79. The maximum absolute atomic E-state index is 5.79. The van der Waals surface area contributed by atoms with Gasteiger partial charge in [-0.25, -0.2) is 4.98 Å². The first-order valence-corrected chi connectivity index (χ1v) is 8.20. The first-order valence-electron chi connectivity index (χ1n) is 8.20.